The summed E-state index contributed by atoms with van der Waals surface area (Å²) in [6.07, 6.45) is 2.27. The molecule has 0 aliphatic carbocycles. The second-order valence-corrected chi connectivity index (χ2v) is 8.38. The van der Waals surface area contributed by atoms with Crippen LogP contribution in [0.2, 0.25) is 0 Å². The van der Waals surface area contributed by atoms with Gasteiger partial charge in [-0.15, -0.1) is 11.3 Å². The Bertz CT molecular complexity index is 829. The summed E-state index contributed by atoms with van der Waals surface area (Å²) in [4.78, 5) is 27.5. The molecule has 0 bridgehead atoms. The van der Waals surface area contributed by atoms with Crippen LogP contribution in [0.4, 0.5) is 0 Å². The topological polar surface area (TPSA) is 67.9 Å². The third kappa shape index (κ3) is 5.73. The highest BCUT2D eigenvalue weighted by atomic mass is 32.1. The Morgan fingerprint density at radius 2 is 2.03 bits per heavy atom. The molecular formula is C22H28N2O4S. The second-order valence-electron chi connectivity index (χ2n) is 7.34. The van der Waals surface area contributed by atoms with Crippen molar-refractivity contribution in [3.05, 3.63) is 46.2 Å². The van der Waals surface area contributed by atoms with E-state index in [1.807, 2.05) is 23.3 Å². The lowest BCUT2D eigenvalue weighted by Gasteiger charge is -2.32. The summed E-state index contributed by atoms with van der Waals surface area (Å²) in [5.41, 5.74) is 0.469. The minimum atomic E-state index is -0.177. The van der Waals surface area contributed by atoms with E-state index in [0.717, 1.165) is 19.3 Å². The van der Waals surface area contributed by atoms with Gasteiger partial charge in [0.25, 0.3) is 5.91 Å². The smallest absolute Gasteiger partial charge is 0.255 e. The SMILES string of the molecule is COc1ccc(OC2CCN(C(C)=O)CC2)c(C(=O)N[C@H](C)Cc2cccs2)c1. The van der Waals surface area contributed by atoms with E-state index >= 15 is 0 Å². The van der Waals surface area contributed by atoms with E-state index in [4.69, 9.17) is 9.47 Å². The summed E-state index contributed by atoms with van der Waals surface area (Å²) >= 11 is 1.68. The van der Waals surface area contributed by atoms with Crippen LogP contribution in [0, 0.1) is 0 Å². The van der Waals surface area contributed by atoms with Crippen LogP contribution >= 0.6 is 11.3 Å². The van der Waals surface area contributed by atoms with Crippen LogP contribution in [0.1, 0.15) is 41.9 Å². The molecule has 1 N–H and O–H groups in total. The number of benzene rings is 1. The summed E-state index contributed by atoms with van der Waals surface area (Å²) in [5, 5.41) is 5.10. The first kappa shape index (κ1) is 21.2. The Kier molecular flexibility index (Phi) is 7.14. The highest BCUT2D eigenvalue weighted by Gasteiger charge is 2.24. The van der Waals surface area contributed by atoms with Crippen molar-refractivity contribution in [2.24, 2.45) is 0 Å². The predicted molar refractivity (Wildman–Crippen MR) is 114 cm³/mol. The lowest BCUT2D eigenvalue weighted by molar-refractivity contribution is -0.130. The number of amides is 2. The maximum absolute atomic E-state index is 13.0. The fourth-order valence-electron chi connectivity index (χ4n) is 3.47. The number of nitrogens with one attached hydrogen (secondary N) is 1. The molecule has 3 rings (SSSR count). The minimum Gasteiger partial charge on any atom is -0.497 e. The van der Waals surface area contributed by atoms with Crippen LogP contribution in [0.5, 0.6) is 11.5 Å². The number of hydrogen-bond donors (Lipinski definition) is 1. The van der Waals surface area contributed by atoms with Crippen LogP contribution < -0.4 is 14.8 Å². The third-order valence-electron chi connectivity index (χ3n) is 5.08. The summed E-state index contributed by atoms with van der Waals surface area (Å²) < 4.78 is 11.5. The molecule has 1 aliphatic heterocycles. The molecule has 1 fully saturated rings. The van der Waals surface area contributed by atoms with Gasteiger partial charge in [0, 0.05) is 50.2 Å². The normalized spacial score (nSPS) is 15.6. The van der Waals surface area contributed by atoms with Crippen LogP contribution in [0.25, 0.3) is 0 Å². The zero-order valence-corrected chi connectivity index (χ0v) is 18.0. The van der Waals surface area contributed by atoms with Crippen molar-refractivity contribution in [1.82, 2.24) is 10.2 Å². The lowest BCUT2D eigenvalue weighted by atomic mass is 10.1. The fourth-order valence-corrected chi connectivity index (χ4v) is 4.30. The van der Waals surface area contributed by atoms with Crippen LogP contribution in [0.15, 0.2) is 35.7 Å². The molecule has 2 amide bonds. The molecule has 1 aromatic carbocycles. The molecule has 2 heterocycles. The molecule has 1 atom stereocenters. The first-order valence-electron chi connectivity index (χ1n) is 9.89. The van der Waals surface area contributed by atoms with E-state index in [2.05, 4.69) is 11.4 Å². The molecule has 0 unspecified atom stereocenters. The molecule has 0 radical (unpaired) electrons. The quantitative estimate of drug-likeness (QED) is 0.750. The molecule has 0 spiro atoms. The van der Waals surface area contributed by atoms with Gasteiger partial charge in [0.1, 0.15) is 17.6 Å². The van der Waals surface area contributed by atoms with E-state index in [9.17, 15) is 9.59 Å². The van der Waals surface area contributed by atoms with Gasteiger partial charge in [0.15, 0.2) is 0 Å². The number of thiophene rings is 1. The molecule has 1 saturated heterocycles. The van der Waals surface area contributed by atoms with Crippen molar-refractivity contribution in [2.75, 3.05) is 20.2 Å². The first-order chi connectivity index (χ1) is 14.0. The molecule has 0 saturated carbocycles. The van der Waals surface area contributed by atoms with Crippen molar-refractivity contribution in [2.45, 2.75) is 45.3 Å². The Balaban J connectivity index is 1.68. The number of ether oxygens (including phenoxy) is 2. The van der Waals surface area contributed by atoms with Gasteiger partial charge < -0.3 is 19.7 Å². The minimum absolute atomic E-state index is 0.000920. The molecule has 7 heteroatoms. The number of piperidine rings is 1. The summed E-state index contributed by atoms with van der Waals surface area (Å²) in [6, 6.07) is 9.38. The maximum atomic E-state index is 13.0. The summed E-state index contributed by atoms with van der Waals surface area (Å²) in [6.45, 7) is 4.94. The number of carbonyl (C=O) groups excluding carboxylic acids is 2. The van der Waals surface area contributed by atoms with Gasteiger partial charge in [-0.1, -0.05) is 6.07 Å². The number of rotatable bonds is 7. The Morgan fingerprint density at radius 1 is 1.28 bits per heavy atom. The van der Waals surface area contributed by atoms with Crippen molar-refractivity contribution in [1.29, 1.82) is 0 Å². The third-order valence-corrected chi connectivity index (χ3v) is 5.98. The Hall–Kier alpha value is -2.54. The Labute approximate surface area is 175 Å². The first-order valence-corrected chi connectivity index (χ1v) is 10.8. The van der Waals surface area contributed by atoms with E-state index in [1.165, 1.54) is 4.88 Å². The van der Waals surface area contributed by atoms with Crippen molar-refractivity contribution < 1.29 is 19.1 Å². The van der Waals surface area contributed by atoms with Crippen LogP contribution in [0.3, 0.4) is 0 Å². The second kappa shape index (κ2) is 9.78. The molecular weight excluding hydrogens is 388 g/mol. The van der Waals surface area contributed by atoms with Gasteiger partial charge in [-0.3, -0.25) is 9.59 Å². The van der Waals surface area contributed by atoms with E-state index in [-0.39, 0.29) is 24.0 Å². The van der Waals surface area contributed by atoms with Gasteiger partial charge in [0.05, 0.1) is 12.7 Å². The largest absolute Gasteiger partial charge is 0.497 e. The zero-order chi connectivity index (χ0) is 20.8. The number of carbonyl (C=O) groups is 2. The van der Waals surface area contributed by atoms with Crippen molar-refractivity contribution in [3.8, 4) is 11.5 Å². The van der Waals surface area contributed by atoms with Gasteiger partial charge >= 0.3 is 0 Å². The number of hydrogen-bond acceptors (Lipinski definition) is 5. The highest BCUT2D eigenvalue weighted by molar-refractivity contribution is 7.09. The van der Waals surface area contributed by atoms with E-state index < -0.39 is 0 Å². The molecule has 1 aromatic heterocycles. The van der Waals surface area contributed by atoms with Crippen LogP contribution in [-0.2, 0) is 11.2 Å². The van der Waals surface area contributed by atoms with Gasteiger partial charge in [-0.2, -0.15) is 0 Å². The standard InChI is InChI=1S/C22H28N2O4S/c1-15(13-19-5-4-12-29-19)23-22(26)20-14-18(27-3)6-7-21(20)28-17-8-10-24(11-9-17)16(2)25/h4-7,12,14-15,17H,8-11,13H2,1-3H3,(H,23,26)/t15-/m1/s1. The van der Waals surface area contributed by atoms with Gasteiger partial charge in [-0.05, 0) is 36.6 Å². The molecule has 29 heavy (non-hydrogen) atoms. The maximum Gasteiger partial charge on any atom is 0.255 e. The average Bonchev–Trinajstić information content (AvgIpc) is 3.21. The van der Waals surface area contributed by atoms with E-state index in [1.54, 1.807) is 43.6 Å². The number of methoxy groups -OCH3 is 1. The fraction of sp³-hybridized carbons (Fsp3) is 0.455. The summed E-state index contributed by atoms with van der Waals surface area (Å²) in [5.74, 6) is 1.07. The molecule has 1 aliphatic rings. The predicted octanol–water partition coefficient (Wildman–Crippen LogP) is 3.51. The van der Waals surface area contributed by atoms with Crippen molar-refractivity contribution >= 4 is 23.2 Å². The van der Waals surface area contributed by atoms with Gasteiger partial charge in [0.2, 0.25) is 5.91 Å². The lowest BCUT2D eigenvalue weighted by Crippen LogP contribution is -2.41. The summed E-state index contributed by atoms with van der Waals surface area (Å²) in [7, 11) is 1.58. The molecule has 6 nitrogen and oxygen atoms in total. The highest BCUT2D eigenvalue weighted by Crippen LogP contribution is 2.27. The van der Waals surface area contributed by atoms with Crippen LogP contribution in [-0.4, -0.2) is 49.1 Å². The molecule has 156 valence electrons. The van der Waals surface area contributed by atoms with Gasteiger partial charge in [-0.25, -0.2) is 0 Å². The average molecular weight is 417 g/mol. The van der Waals surface area contributed by atoms with E-state index in [0.29, 0.717) is 30.2 Å². The monoisotopic (exact) mass is 416 g/mol. The number of nitrogens with zero attached hydrogens (tertiary/aromatic N) is 1. The molecule has 2 aromatic rings. The Morgan fingerprint density at radius 3 is 2.66 bits per heavy atom. The van der Waals surface area contributed by atoms with Crippen molar-refractivity contribution in [3.63, 3.8) is 0 Å². The number of likely N-dealkylation sites (tertiary alicyclic amines) is 1. The zero-order valence-electron chi connectivity index (χ0n) is 17.1.